The van der Waals surface area contributed by atoms with E-state index in [1.165, 1.54) is 0 Å². The van der Waals surface area contributed by atoms with Crippen molar-refractivity contribution in [1.29, 1.82) is 5.26 Å². The molecule has 1 N–H and O–H groups in total. The number of nitrogens with one attached hydrogen (secondary N) is 1. The van der Waals surface area contributed by atoms with Crippen molar-refractivity contribution >= 4 is 11.2 Å². The topological polar surface area (TPSA) is 53.1 Å². The van der Waals surface area contributed by atoms with E-state index >= 15 is 0 Å². The van der Waals surface area contributed by atoms with Gasteiger partial charge in [0.15, 0.2) is 0 Å². The van der Waals surface area contributed by atoms with Gasteiger partial charge in [0.25, 0.3) is 0 Å². The zero-order chi connectivity index (χ0) is 13.9. The van der Waals surface area contributed by atoms with Gasteiger partial charge < -0.3 is 5.32 Å². The van der Waals surface area contributed by atoms with Crippen molar-refractivity contribution in [2.75, 3.05) is 5.32 Å². The normalized spacial score (nSPS) is 10.4. The molecule has 0 fully saturated rings. The Morgan fingerprint density at radius 1 is 1.30 bits per heavy atom. The molecule has 0 aliphatic rings. The molecule has 0 bridgehead atoms. The lowest BCUT2D eigenvalue weighted by molar-refractivity contribution is 0.961. The number of aryl methyl sites for hydroxylation is 1. The van der Waals surface area contributed by atoms with Gasteiger partial charge in [-0.3, -0.25) is 0 Å². The molecule has 0 atom stereocenters. The average molecular weight is 262 g/mol. The molecule has 4 heteroatoms. The lowest BCUT2D eigenvalue weighted by atomic mass is 10.1. The predicted octanol–water partition coefficient (Wildman–Crippen LogP) is 3.13. The lowest BCUT2D eigenvalue weighted by Gasteiger charge is -2.09. The Kier molecular flexibility index (Phi) is 3.10. The Morgan fingerprint density at radius 3 is 3.05 bits per heavy atom. The van der Waals surface area contributed by atoms with Crippen LogP contribution in [0.3, 0.4) is 0 Å². The van der Waals surface area contributed by atoms with Crippen molar-refractivity contribution in [1.82, 2.24) is 9.61 Å². The number of benzene rings is 1. The summed E-state index contributed by atoms with van der Waals surface area (Å²) in [7, 11) is 0. The summed E-state index contributed by atoms with van der Waals surface area (Å²) in [4.78, 5) is 0. The minimum Gasteiger partial charge on any atom is -0.381 e. The Labute approximate surface area is 117 Å². The van der Waals surface area contributed by atoms with Crippen molar-refractivity contribution < 1.29 is 0 Å². The molecule has 4 nitrogen and oxygen atoms in total. The maximum absolute atomic E-state index is 8.96. The van der Waals surface area contributed by atoms with Gasteiger partial charge in [0.1, 0.15) is 0 Å². The predicted molar refractivity (Wildman–Crippen MR) is 78.4 cm³/mol. The van der Waals surface area contributed by atoms with Gasteiger partial charge in [-0.15, -0.1) is 0 Å². The second kappa shape index (κ2) is 5.06. The first-order valence-corrected chi connectivity index (χ1v) is 6.44. The van der Waals surface area contributed by atoms with Crippen LogP contribution in [-0.4, -0.2) is 9.61 Å². The summed E-state index contributed by atoms with van der Waals surface area (Å²) in [6.07, 6.45) is 3.80. The van der Waals surface area contributed by atoms with Gasteiger partial charge in [0, 0.05) is 24.0 Å². The van der Waals surface area contributed by atoms with Crippen molar-refractivity contribution in [3.63, 3.8) is 0 Å². The average Bonchev–Trinajstić information content (AvgIpc) is 2.90. The van der Waals surface area contributed by atoms with Crippen LogP contribution in [0, 0.1) is 18.3 Å². The summed E-state index contributed by atoms with van der Waals surface area (Å²) in [6, 6.07) is 13.8. The van der Waals surface area contributed by atoms with E-state index in [4.69, 9.17) is 5.26 Å². The number of nitriles is 1. The number of aromatic nitrogens is 2. The number of hydrogen-bond acceptors (Lipinski definition) is 3. The summed E-state index contributed by atoms with van der Waals surface area (Å²) < 4.78 is 1.86. The molecule has 0 aliphatic carbocycles. The highest BCUT2D eigenvalue weighted by atomic mass is 15.2. The van der Waals surface area contributed by atoms with Crippen molar-refractivity contribution in [3.05, 3.63) is 65.5 Å². The molecule has 0 radical (unpaired) electrons. The fourth-order valence-corrected chi connectivity index (χ4v) is 2.20. The zero-order valence-electron chi connectivity index (χ0n) is 11.2. The standard InChI is InChI=1S/C16H14N4/c1-12-5-6-13(9-17)8-15(12)18-10-14-11-19-20-7-3-2-4-16(14)20/h2-8,11,18H,10H2,1H3. The van der Waals surface area contributed by atoms with E-state index in [2.05, 4.69) is 16.5 Å². The molecule has 2 heterocycles. The van der Waals surface area contributed by atoms with Crippen LogP contribution in [0.25, 0.3) is 5.52 Å². The van der Waals surface area contributed by atoms with Gasteiger partial charge >= 0.3 is 0 Å². The summed E-state index contributed by atoms with van der Waals surface area (Å²) in [5.41, 5.74) is 5.00. The van der Waals surface area contributed by atoms with Crippen LogP contribution in [-0.2, 0) is 6.54 Å². The molecule has 2 aromatic heterocycles. The molecule has 0 amide bonds. The number of anilines is 1. The van der Waals surface area contributed by atoms with E-state index in [0.29, 0.717) is 12.1 Å². The van der Waals surface area contributed by atoms with Crippen LogP contribution in [0.15, 0.2) is 48.8 Å². The third-order valence-corrected chi connectivity index (χ3v) is 3.34. The minimum absolute atomic E-state index is 0.665. The van der Waals surface area contributed by atoms with Crippen LogP contribution in [0.4, 0.5) is 5.69 Å². The summed E-state index contributed by atoms with van der Waals surface area (Å²) in [5.74, 6) is 0. The quantitative estimate of drug-likeness (QED) is 0.789. The maximum Gasteiger partial charge on any atom is 0.0992 e. The number of fused-ring (bicyclic) bond motifs is 1. The van der Waals surface area contributed by atoms with Crippen LogP contribution >= 0.6 is 0 Å². The monoisotopic (exact) mass is 262 g/mol. The van der Waals surface area contributed by atoms with Crippen LogP contribution in [0.5, 0.6) is 0 Å². The van der Waals surface area contributed by atoms with Gasteiger partial charge in [0.2, 0.25) is 0 Å². The largest absolute Gasteiger partial charge is 0.381 e. The molecule has 3 rings (SSSR count). The summed E-state index contributed by atoms with van der Waals surface area (Å²) >= 11 is 0. The number of pyridine rings is 1. The highest BCUT2D eigenvalue weighted by molar-refractivity contribution is 5.58. The second-order valence-electron chi connectivity index (χ2n) is 4.70. The number of hydrogen-bond donors (Lipinski definition) is 1. The SMILES string of the molecule is Cc1ccc(C#N)cc1NCc1cnn2ccccc12. The van der Waals surface area contributed by atoms with Crippen molar-refractivity contribution in [2.24, 2.45) is 0 Å². The van der Waals surface area contributed by atoms with E-state index < -0.39 is 0 Å². The van der Waals surface area contributed by atoms with E-state index in [9.17, 15) is 0 Å². The van der Waals surface area contributed by atoms with Crippen LogP contribution < -0.4 is 5.32 Å². The Bertz CT molecular complexity index is 796. The fraction of sp³-hybridized carbons (Fsp3) is 0.125. The van der Waals surface area contributed by atoms with Gasteiger partial charge in [-0.05, 0) is 36.8 Å². The summed E-state index contributed by atoms with van der Waals surface area (Å²) in [5, 5.41) is 16.6. The van der Waals surface area contributed by atoms with Crippen molar-refractivity contribution in [3.8, 4) is 6.07 Å². The first kappa shape index (κ1) is 12.2. The molecule has 0 spiro atoms. The molecule has 0 aliphatic heterocycles. The maximum atomic E-state index is 8.96. The van der Waals surface area contributed by atoms with Gasteiger partial charge in [-0.25, -0.2) is 4.52 Å². The van der Waals surface area contributed by atoms with E-state index in [1.807, 2.05) is 60.2 Å². The Morgan fingerprint density at radius 2 is 2.20 bits per heavy atom. The van der Waals surface area contributed by atoms with Crippen molar-refractivity contribution in [2.45, 2.75) is 13.5 Å². The molecule has 98 valence electrons. The second-order valence-corrected chi connectivity index (χ2v) is 4.70. The van der Waals surface area contributed by atoms with E-state index in [-0.39, 0.29) is 0 Å². The Balaban J connectivity index is 1.85. The molecule has 1 aromatic carbocycles. The zero-order valence-corrected chi connectivity index (χ0v) is 11.2. The molecule has 0 saturated carbocycles. The molecule has 0 unspecified atom stereocenters. The first-order valence-electron chi connectivity index (χ1n) is 6.44. The minimum atomic E-state index is 0.665. The molecule has 20 heavy (non-hydrogen) atoms. The highest BCUT2D eigenvalue weighted by Crippen LogP contribution is 2.18. The molecule has 3 aromatic rings. The Hall–Kier alpha value is -2.80. The number of rotatable bonds is 3. The summed E-state index contributed by atoms with van der Waals surface area (Å²) in [6.45, 7) is 2.71. The highest BCUT2D eigenvalue weighted by Gasteiger charge is 2.04. The van der Waals surface area contributed by atoms with Crippen LogP contribution in [0.1, 0.15) is 16.7 Å². The van der Waals surface area contributed by atoms with Gasteiger partial charge in [-0.2, -0.15) is 10.4 Å². The third-order valence-electron chi connectivity index (χ3n) is 3.34. The van der Waals surface area contributed by atoms with Gasteiger partial charge in [0.05, 0.1) is 23.3 Å². The third kappa shape index (κ3) is 2.21. The first-order chi connectivity index (χ1) is 9.78. The fourth-order valence-electron chi connectivity index (χ4n) is 2.20. The smallest absolute Gasteiger partial charge is 0.0992 e. The lowest BCUT2D eigenvalue weighted by Crippen LogP contribution is -2.01. The number of nitrogens with zero attached hydrogens (tertiary/aromatic N) is 3. The van der Waals surface area contributed by atoms with Crippen LogP contribution in [0.2, 0.25) is 0 Å². The molecular weight excluding hydrogens is 248 g/mol. The van der Waals surface area contributed by atoms with Gasteiger partial charge in [-0.1, -0.05) is 12.1 Å². The van der Waals surface area contributed by atoms with E-state index in [0.717, 1.165) is 22.3 Å². The molecular formula is C16H14N4. The van der Waals surface area contributed by atoms with E-state index in [1.54, 1.807) is 0 Å². The molecule has 0 saturated heterocycles.